The summed E-state index contributed by atoms with van der Waals surface area (Å²) in [5.74, 6) is 0.276. The zero-order valence-electron chi connectivity index (χ0n) is 40.3. The minimum atomic E-state index is -5.42. The third-order valence-corrected chi connectivity index (χ3v) is 14.5. The maximum absolute atomic E-state index is 12.8. The van der Waals surface area contributed by atoms with Gasteiger partial charge in [-0.1, -0.05) is 169 Å². The topological polar surface area (TPSA) is 265 Å². The van der Waals surface area contributed by atoms with Crippen molar-refractivity contribution in [2.24, 2.45) is 11.8 Å². The molecule has 384 valence electrons. The largest absolute Gasteiger partial charge is 0.481 e. The standard InChI is InChI=1S/C46H85N3O15P2/c1-5-37(4)28-24-20-16-13-14-17-21-25-29-41(50)59-33-38(62-42(51)30-26-22-18-12-10-8-6-7-9-11-15-19-23-27-36(2)3)34-60-65(55,56)64-66(57,58)61-35-39-43(52)44(53)45(63-39)49-32-31-40(47)48-46(49)54/h31-32,36-39,43-45,52-53H,5-30,33-35H2,1-4H3,(H,55,56)(H,57,58)(H2,47,48,54)/t37?,38-,39-,43+,44?,45-/m1/s1. The van der Waals surface area contributed by atoms with Gasteiger partial charge in [0, 0.05) is 19.0 Å². The van der Waals surface area contributed by atoms with Crippen molar-refractivity contribution in [1.29, 1.82) is 0 Å². The molecule has 1 aliphatic rings. The van der Waals surface area contributed by atoms with E-state index in [1.807, 2.05) is 0 Å². The lowest BCUT2D eigenvalue weighted by Crippen LogP contribution is -2.36. The number of unbranched alkanes of at least 4 members (excludes halogenated alkanes) is 19. The maximum Gasteiger partial charge on any atom is 0.481 e. The number of hydrogen-bond donors (Lipinski definition) is 5. The number of phosphoric acid groups is 2. The first-order valence-electron chi connectivity index (χ1n) is 24.8. The van der Waals surface area contributed by atoms with E-state index in [2.05, 4.69) is 37.0 Å². The van der Waals surface area contributed by atoms with Gasteiger partial charge in [-0.2, -0.15) is 9.29 Å². The second-order valence-electron chi connectivity index (χ2n) is 18.4. The van der Waals surface area contributed by atoms with Crippen LogP contribution in [0.4, 0.5) is 5.82 Å². The molecule has 4 unspecified atom stereocenters. The summed E-state index contributed by atoms with van der Waals surface area (Å²) in [5.41, 5.74) is 4.59. The minimum absolute atomic E-state index is 0.0561. The Bertz CT molecular complexity index is 1640. The molecule has 18 nitrogen and oxygen atoms in total. The number of aromatic nitrogens is 2. The highest BCUT2D eigenvalue weighted by Crippen LogP contribution is 2.60. The zero-order valence-corrected chi connectivity index (χ0v) is 42.1. The van der Waals surface area contributed by atoms with Gasteiger partial charge in [-0.3, -0.25) is 23.2 Å². The summed E-state index contributed by atoms with van der Waals surface area (Å²) < 4.78 is 56.7. The van der Waals surface area contributed by atoms with Crippen molar-refractivity contribution in [3.05, 3.63) is 22.7 Å². The van der Waals surface area contributed by atoms with Crippen LogP contribution in [-0.4, -0.2) is 85.7 Å². The summed E-state index contributed by atoms with van der Waals surface area (Å²) in [6, 6.07) is 1.25. The van der Waals surface area contributed by atoms with Crippen molar-refractivity contribution in [3.8, 4) is 0 Å². The molecule has 0 amide bonds. The van der Waals surface area contributed by atoms with Gasteiger partial charge < -0.3 is 39.9 Å². The maximum atomic E-state index is 12.8. The zero-order chi connectivity index (χ0) is 48.8. The molecule has 1 fully saturated rings. The summed E-state index contributed by atoms with van der Waals surface area (Å²) in [5, 5.41) is 20.9. The Kier molecular flexibility index (Phi) is 31.0. The third-order valence-electron chi connectivity index (χ3n) is 11.9. The van der Waals surface area contributed by atoms with E-state index in [0.29, 0.717) is 12.8 Å². The Morgan fingerprint density at radius 2 is 1.21 bits per heavy atom. The van der Waals surface area contributed by atoms with Crippen LogP contribution in [0.3, 0.4) is 0 Å². The molecule has 0 aromatic carbocycles. The smallest absolute Gasteiger partial charge is 0.462 e. The average molecular weight is 982 g/mol. The second-order valence-corrected chi connectivity index (χ2v) is 21.4. The van der Waals surface area contributed by atoms with Crippen molar-refractivity contribution in [3.63, 3.8) is 0 Å². The van der Waals surface area contributed by atoms with E-state index in [1.54, 1.807) is 0 Å². The summed E-state index contributed by atoms with van der Waals surface area (Å²) in [7, 11) is -10.8. The molecule has 0 radical (unpaired) electrons. The molecule has 20 heteroatoms. The highest BCUT2D eigenvalue weighted by atomic mass is 31.3. The number of nitrogens with zero attached hydrogens (tertiary/aromatic N) is 2. The van der Waals surface area contributed by atoms with E-state index < -0.39 is 83.7 Å². The predicted molar refractivity (Wildman–Crippen MR) is 252 cm³/mol. The van der Waals surface area contributed by atoms with E-state index in [9.17, 15) is 43.5 Å². The summed E-state index contributed by atoms with van der Waals surface area (Å²) in [6.07, 6.45) is 20.6. The van der Waals surface area contributed by atoms with Crippen LogP contribution in [0.1, 0.15) is 201 Å². The number of nitrogens with two attached hydrogens (primary N) is 1. The van der Waals surface area contributed by atoms with Crippen LogP contribution in [0, 0.1) is 11.8 Å². The first kappa shape index (κ1) is 59.9. The van der Waals surface area contributed by atoms with Gasteiger partial charge in [0.05, 0.1) is 13.2 Å². The normalized spacial score (nSPS) is 20.2. The van der Waals surface area contributed by atoms with E-state index >= 15 is 0 Å². The van der Waals surface area contributed by atoms with E-state index in [0.717, 1.165) is 67.8 Å². The number of aliphatic hydroxyl groups excluding tert-OH is 2. The Balaban J connectivity index is 1.80. The molecular weight excluding hydrogens is 896 g/mol. The minimum Gasteiger partial charge on any atom is -0.462 e. The highest BCUT2D eigenvalue weighted by Gasteiger charge is 2.46. The third kappa shape index (κ3) is 27.7. The van der Waals surface area contributed by atoms with Crippen LogP contribution in [0.15, 0.2) is 17.1 Å². The molecule has 1 aromatic heterocycles. The monoisotopic (exact) mass is 982 g/mol. The van der Waals surface area contributed by atoms with Gasteiger partial charge in [-0.15, -0.1) is 0 Å². The van der Waals surface area contributed by atoms with Gasteiger partial charge in [-0.05, 0) is 30.7 Å². The molecule has 1 aromatic rings. The van der Waals surface area contributed by atoms with E-state index in [-0.39, 0.29) is 18.7 Å². The SMILES string of the molecule is CCC(C)CCCCCCCCCCC(=O)OC[C@H](COP(=O)(O)OP(=O)(O)OC[C@H]1O[C@@H](n2ccc(N)nc2=O)C(O)[C@H]1O)OC(=O)CCCCCCCCCCCCCCCC(C)C. The fourth-order valence-corrected chi connectivity index (χ4v) is 9.76. The number of aliphatic hydroxyl groups is 2. The molecule has 1 aliphatic heterocycles. The van der Waals surface area contributed by atoms with E-state index in [1.165, 1.54) is 102 Å². The van der Waals surface area contributed by atoms with Crippen LogP contribution in [-0.2, 0) is 46.3 Å². The quantitative estimate of drug-likeness (QED) is 0.0233. The fourth-order valence-electron chi connectivity index (χ4n) is 7.65. The van der Waals surface area contributed by atoms with Gasteiger partial charge in [0.15, 0.2) is 12.3 Å². The number of hydrogen-bond acceptors (Lipinski definition) is 15. The Morgan fingerprint density at radius 3 is 1.73 bits per heavy atom. The Labute approximate surface area is 393 Å². The van der Waals surface area contributed by atoms with Gasteiger partial charge in [0.1, 0.15) is 30.7 Å². The lowest BCUT2D eigenvalue weighted by Gasteiger charge is -2.21. The number of phosphoric ester groups is 2. The molecule has 8 atom stereocenters. The fraction of sp³-hybridized carbons (Fsp3) is 0.870. The molecule has 6 N–H and O–H groups in total. The molecule has 2 rings (SSSR count). The summed E-state index contributed by atoms with van der Waals surface area (Å²) in [4.78, 5) is 61.8. The second kappa shape index (κ2) is 34.1. The molecular formula is C46H85N3O15P2. The van der Waals surface area contributed by atoms with Crippen LogP contribution in [0.25, 0.3) is 0 Å². The molecule has 0 aliphatic carbocycles. The molecule has 0 saturated carbocycles. The highest BCUT2D eigenvalue weighted by molar-refractivity contribution is 7.61. The van der Waals surface area contributed by atoms with Gasteiger partial charge in [0.25, 0.3) is 0 Å². The van der Waals surface area contributed by atoms with Crippen LogP contribution in [0.5, 0.6) is 0 Å². The molecule has 66 heavy (non-hydrogen) atoms. The van der Waals surface area contributed by atoms with Gasteiger partial charge in [0.2, 0.25) is 0 Å². The van der Waals surface area contributed by atoms with Crippen molar-refractivity contribution >= 4 is 33.4 Å². The molecule has 1 saturated heterocycles. The van der Waals surface area contributed by atoms with Crippen LogP contribution in [0.2, 0.25) is 0 Å². The Morgan fingerprint density at radius 1 is 0.727 bits per heavy atom. The van der Waals surface area contributed by atoms with Crippen molar-refractivity contribution in [1.82, 2.24) is 9.55 Å². The number of carbonyl (C=O) groups excluding carboxylic acids is 2. The first-order chi connectivity index (χ1) is 31.4. The van der Waals surface area contributed by atoms with Crippen molar-refractivity contribution in [2.75, 3.05) is 25.6 Å². The number of rotatable bonds is 40. The van der Waals surface area contributed by atoms with Crippen molar-refractivity contribution < 1.29 is 66.3 Å². The van der Waals surface area contributed by atoms with Gasteiger partial charge >= 0.3 is 33.3 Å². The first-order valence-corrected chi connectivity index (χ1v) is 27.8. The molecule has 0 spiro atoms. The molecule has 0 bridgehead atoms. The Hall–Kier alpha value is -2.24. The average Bonchev–Trinajstić information content (AvgIpc) is 3.53. The number of nitrogen functional groups attached to an aromatic ring is 1. The summed E-state index contributed by atoms with van der Waals surface area (Å²) >= 11 is 0. The van der Waals surface area contributed by atoms with E-state index in [4.69, 9.17) is 29.0 Å². The number of esters is 2. The van der Waals surface area contributed by atoms with Gasteiger partial charge in [-0.25, -0.2) is 13.9 Å². The lowest BCUT2D eigenvalue weighted by molar-refractivity contribution is -0.161. The van der Waals surface area contributed by atoms with Crippen LogP contribution >= 0.6 is 15.6 Å². The summed E-state index contributed by atoms with van der Waals surface area (Å²) in [6.45, 7) is 6.77. The number of carbonyl (C=O) groups is 2. The number of anilines is 1. The molecule has 2 heterocycles. The van der Waals surface area contributed by atoms with Crippen LogP contribution < -0.4 is 11.4 Å². The van der Waals surface area contributed by atoms with Crippen molar-refractivity contribution in [2.45, 2.75) is 225 Å². The lowest BCUT2D eigenvalue weighted by atomic mass is 9.99. The number of ether oxygens (including phenoxy) is 3. The predicted octanol–water partition coefficient (Wildman–Crippen LogP) is 9.60.